The van der Waals surface area contributed by atoms with Crippen molar-refractivity contribution in [3.63, 3.8) is 0 Å². The van der Waals surface area contributed by atoms with Crippen LogP contribution in [0.15, 0.2) is 30.5 Å². The Morgan fingerprint density at radius 2 is 2.14 bits per heavy atom. The highest BCUT2D eigenvalue weighted by Gasteiger charge is 2.40. The summed E-state index contributed by atoms with van der Waals surface area (Å²) < 4.78 is 6.05. The lowest BCUT2D eigenvalue weighted by Gasteiger charge is -2.27. The lowest BCUT2D eigenvalue weighted by molar-refractivity contribution is 0.0965. The number of aryl methyl sites for hydroxylation is 2. The third kappa shape index (κ3) is 2.81. The van der Waals surface area contributed by atoms with Crippen LogP contribution in [-0.2, 0) is 6.42 Å². The summed E-state index contributed by atoms with van der Waals surface area (Å²) >= 11 is 0. The molecule has 0 saturated heterocycles. The van der Waals surface area contributed by atoms with Crippen molar-refractivity contribution in [1.82, 2.24) is 15.5 Å². The summed E-state index contributed by atoms with van der Waals surface area (Å²) in [7, 11) is 0. The van der Waals surface area contributed by atoms with Crippen molar-refractivity contribution in [2.75, 3.05) is 6.54 Å². The van der Waals surface area contributed by atoms with Gasteiger partial charge in [-0.3, -0.25) is 5.10 Å². The minimum atomic E-state index is -0.199. The number of rotatable bonds is 5. The van der Waals surface area contributed by atoms with E-state index in [2.05, 4.69) is 48.4 Å². The Bertz CT molecular complexity index is 618. The molecule has 4 heteroatoms. The van der Waals surface area contributed by atoms with Crippen LogP contribution in [-0.4, -0.2) is 22.3 Å². The molecule has 21 heavy (non-hydrogen) atoms. The molecule has 3 rings (SSSR count). The Morgan fingerprint density at radius 3 is 2.90 bits per heavy atom. The number of nitrogens with zero attached hydrogens (tertiary/aromatic N) is 1. The smallest absolute Gasteiger partial charge is 0.125 e. The molecule has 112 valence electrons. The van der Waals surface area contributed by atoms with Crippen molar-refractivity contribution in [2.24, 2.45) is 0 Å². The zero-order chi connectivity index (χ0) is 14.9. The van der Waals surface area contributed by atoms with Gasteiger partial charge in [-0.15, -0.1) is 0 Å². The van der Waals surface area contributed by atoms with Gasteiger partial charge < -0.3 is 10.1 Å². The Balaban J connectivity index is 1.58. The number of aromatic nitrogens is 2. The molecule has 0 fully saturated rings. The first-order valence-electron chi connectivity index (χ1n) is 7.58. The van der Waals surface area contributed by atoms with E-state index in [-0.39, 0.29) is 11.6 Å². The number of ether oxygens (including phenoxy) is 1. The van der Waals surface area contributed by atoms with E-state index in [1.165, 1.54) is 16.8 Å². The van der Waals surface area contributed by atoms with Gasteiger partial charge in [-0.1, -0.05) is 18.2 Å². The third-order valence-electron chi connectivity index (χ3n) is 4.20. The van der Waals surface area contributed by atoms with Crippen LogP contribution >= 0.6 is 0 Å². The second-order valence-corrected chi connectivity index (χ2v) is 6.25. The van der Waals surface area contributed by atoms with Gasteiger partial charge in [0.05, 0.1) is 12.2 Å². The fraction of sp³-hybridized carbons (Fsp3) is 0.471. The van der Waals surface area contributed by atoms with Crippen molar-refractivity contribution in [2.45, 2.75) is 45.3 Å². The van der Waals surface area contributed by atoms with Gasteiger partial charge in [0.25, 0.3) is 0 Å². The highest BCUT2D eigenvalue weighted by molar-refractivity contribution is 5.42. The van der Waals surface area contributed by atoms with Gasteiger partial charge >= 0.3 is 0 Å². The van der Waals surface area contributed by atoms with Gasteiger partial charge in [0, 0.05) is 11.3 Å². The van der Waals surface area contributed by atoms with Crippen LogP contribution in [0.2, 0.25) is 0 Å². The van der Waals surface area contributed by atoms with Crippen LogP contribution in [0.4, 0.5) is 0 Å². The minimum Gasteiger partial charge on any atom is -0.486 e. The first-order valence-corrected chi connectivity index (χ1v) is 7.58. The SMILES string of the molecule is Cc1[nH]ncc1CCCNC1c2ccccc2OC1(C)C. The first kappa shape index (κ1) is 14.1. The van der Waals surface area contributed by atoms with Crippen LogP contribution in [0.25, 0.3) is 0 Å². The van der Waals surface area contributed by atoms with E-state index in [1.54, 1.807) is 0 Å². The predicted molar refractivity (Wildman–Crippen MR) is 83.5 cm³/mol. The van der Waals surface area contributed by atoms with E-state index in [9.17, 15) is 0 Å². The highest BCUT2D eigenvalue weighted by atomic mass is 16.5. The number of H-pyrrole nitrogens is 1. The van der Waals surface area contributed by atoms with Crippen molar-refractivity contribution >= 4 is 0 Å². The average molecular weight is 285 g/mol. The molecule has 0 aliphatic carbocycles. The van der Waals surface area contributed by atoms with Crippen molar-refractivity contribution in [1.29, 1.82) is 0 Å². The lowest BCUT2D eigenvalue weighted by Crippen LogP contribution is -2.39. The van der Waals surface area contributed by atoms with E-state index < -0.39 is 0 Å². The molecule has 1 atom stereocenters. The molecule has 0 radical (unpaired) electrons. The maximum absolute atomic E-state index is 6.05. The quantitative estimate of drug-likeness (QED) is 0.830. The van der Waals surface area contributed by atoms with Crippen molar-refractivity contribution in [3.8, 4) is 5.75 Å². The Kier molecular flexibility index (Phi) is 3.72. The van der Waals surface area contributed by atoms with E-state index in [1.807, 2.05) is 18.3 Å². The predicted octanol–water partition coefficient (Wildman–Crippen LogP) is 3.15. The first-order chi connectivity index (χ1) is 10.1. The van der Waals surface area contributed by atoms with Crippen LogP contribution in [0, 0.1) is 6.92 Å². The van der Waals surface area contributed by atoms with E-state index in [0.717, 1.165) is 25.1 Å². The largest absolute Gasteiger partial charge is 0.486 e. The molecule has 1 aromatic carbocycles. The van der Waals surface area contributed by atoms with E-state index in [4.69, 9.17) is 4.74 Å². The highest BCUT2D eigenvalue weighted by Crippen LogP contribution is 2.42. The molecule has 0 spiro atoms. The molecule has 0 amide bonds. The topological polar surface area (TPSA) is 49.9 Å². The summed E-state index contributed by atoms with van der Waals surface area (Å²) in [5.41, 5.74) is 3.54. The normalized spacial score (nSPS) is 19.3. The summed E-state index contributed by atoms with van der Waals surface area (Å²) in [5.74, 6) is 1.01. The van der Waals surface area contributed by atoms with Gasteiger partial charge in [-0.25, -0.2) is 0 Å². The number of fused-ring (bicyclic) bond motifs is 1. The lowest BCUT2D eigenvalue weighted by atomic mass is 9.94. The molecular weight excluding hydrogens is 262 g/mol. The van der Waals surface area contributed by atoms with Crippen molar-refractivity contribution < 1.29 is 4.74 Å². The molecule has 1 aliphatic rings. The fourth-order valence-electron chi connectivity index (χ4n) is 3.04. The van der Waals surface area contributed by atoms with E-state index >= 15 is 0 Å². The molecule has 1 aromatic heterocycles. The van der Waals surface area contributed by atoms with Crippen LogP contribution in [0.5, 0.6) is 5.75 Å². The summed E-state index contributed by atoms with van der Waals surface area (Å²) in [6.45, 7) is 7.33. The van der Waals surface area contributed by atoms with E-state index in [0.29, 0.717) is 0 Å². The molecule has 2 aromatic rings. The number of nitrogens with one attached hydrogen (secondary N) is 2. The van der Waals surface area contributed by atoms with Gasteiger partial charge in [0.15, 0.2) is 0 Å². The summed E-state index contributed by atoms with van der Waals surface area (Å²) in [5, 5.41) is 10.7. The number of hydrogen-bond donors (Lipinski definition) is 2. The molecule has 4 nitrogen and oxygen atoms in total. The average Bonchev–Trinajstić information content (AvgIpc) is 2.95. The van der Waals surface area contributed by atoms with Crippen LogP contribution < -0.4 is 10.1 Å². The number of aromatic amines is 1. The minimum absolute atomic E-state index is 0.199. The molecule has 2 N–H and O–H groups in total. The van der Waals surface area contributed by atoms with Gasteiger partial charge in [-0.2, -0.15) is 5.10 Å². The molecule has 0 saturated carbocycles. The number of hydrogen-bond acceptors (Lipinski definition) is 3. The summed E-state index contributed by atoms with van der Waals surface area (Å²) in [6, 6.07) is 8.56. The molecule has 1 unspecified atom stereocenters. The van der Waals surface area contributed by atoms with Gasteiger partial charge in [0.2, 0.25) is 0 Å². The molecule has 1 aliphatic heterocycles. The molecule has 2 heterocycles. The zero-order valence-electron chi connectivity index (χ0n) is 12.9. The third-order valence-corrected chi connectivity index (χ3v) is 4.20. The second-order valence-electron chi connectivity index (χ2n) is 6.25. The Labute approximate surface area is 125 Å². The Hall–Kier alpha value is -1.81. The zero-order valence-corrected chi connectivity index (χ0v) is 12.9. The maximum Gasteiger partial charge on any atom is 0.125 e. The standard InChI is InChI=1S/C17H23N3O/c1-12-13(11-19-20-12)7-6-10-18-16-14-8-4-5-9-15(14)21-17(16,2)3/h4-5,8-9,11,16,18H,6-7,10H2,1-3H3,(H,19,20). The molecular formula is C17H23N3O. The maximum atomic E-state index is 6.05. The molecule has 0 bridgehead atoms. The Morgan fingerprint density at radius 1 is 1.33 bits per heavy atom. The van der Waals surface area contributed by atoms with Crippen LogP contribution in [0.1, 0.15) is 43.1 Å². The number of benzene rings is 1. The monoisotopic (exact) mass is 285 g/mol. The number of para-hydroxylation sites is 1. The summed E-state index contributed by atoms with van der Waals surface area (Å²) in [4.78, 5) is 0. The second kappa shape index (κ2) is 5.53. The van der Waals surface area contributed by atoms with Crippen LogP contribution in [0.3, 0.4) is 0 Å². The summed E-state index contributed by atoms with van der Waals surface area (Å²) in [6.07, 6.45) is 4.06. The van der Waals surface area contributed by atoms with Gasteiger partial charge in [0.1, 0.15) is 11.4 Å². The van der Waals surface area contributed by atoms with Gasteiger partial charge in [-0.05, 0) is 51.8 Å². The van der Waals surface area contributed by atoms with Crippen molar-refractivity contribution in [3.05, 3.63) is 47.3 Å². The fourth-order valence-corrected chi connectivity index (χ4v) is 3.04.